The molecule has 3 rings (SSSR count). The molecule has 2 aliphatic heterocycles. The first-order chi connectivity index (χ1) is 12.5. The molecule has 1 aromatic carbocycles. The monoisotopic (exact) mass is 356 g/mol. The number of piperidine rings is 1. The third-order valence-corrected chi connectivity index (χ3v) is 5.20. The Hall–Kier alpha value is -2.14. The SMILES string of the molecule is COCCCN1C(=O)C(c2ccc(C)cc2C)=C(N2CCCCC2)C1=O. The fraction of sp³-hybridized carbons (Fsp3) is 0.524. The van der Waals surface area contributed by atoms with Gasteiger partial charge < -0.3 is 9.64 Å². The molecule has 0 saturated carbocycles. The number of ether oxygens (including phenoxy) is 1. The van der Waals surface area contributed by atoms with Gasteiger partial charge in [-0.25, -0.2) is 0 Å². The quantitative estimate of drug-likeness (QED) is 0.581. The fourth-order valence-electron chi connectivity index (χ4n) is 3.88. The molecule has 5 nitrogen and oxygen atoms in total. The van der Waals surface area contributed by atoms with Crippen LogP contribution in [0.3, 0.4) is 0 Å². The zero-order valence-corrected chi connectivity index (χ0v) is 16.0. The van der Waals surface area contributed by atoms with Gasteiger partial charge in [-0.15, -0.1) is 0 Å². The highest BCUT2D eigenvalue weighted by Crippen LogP contribution is 2.34. The maximum absolute atomic E-state index is 13.2. The minimum Gasteiger partial charge on any atom is -0.385 e. The molecule has 5 heteroatoms. The van der Waals surface area contributed by atoms with Crippen molar-refractivity contribution in [1.82, 2.24) is 9.80 Å². The summed E-state index contributed by atoms with van der Waals surface area (Å²) in [5.74, 6) is -0.318. The lowest BCUT2D eigenvalue weighted by molar-refractivity contribution is -0.137. The second-order valence-corrected chi connectivity index (χ2v) is 7.20. The number of imide groups is 1. The van der Waals surface area contributed by atoms with E-state index in [1.165, 1.54) is 11.3 Å². The Morgan fingerprint density at radius 1 is 1.04 bits per heavy atom. The number of rotatable bonds is 6. The van der Waals surface area contributed by atoms with Gasteiger partial charge in [0.05, 0.1) is 5.57 Å². The van der Waals surface area contributed by atoms with Crippen LogP contribution in [-0.4, -0.2) is 55.0 Å². The Morgan fingerprint density at radius 3 is 2.42 bits per heavy atom. The number of methoxy groups -OCH3 is 1. The Labute approximate surface area is 155 Å². The topological polar surface area (TPSA) is 49.9 Å². The van der Waals surface area contributed by atoms with Gasteiger partial charge >= 0.3 is 0 Å². The summed E-state index contributed by atoms with van der Waals surface area (Å²) in [6.45, 7) is 6.67. The van der Waals surface area contributed by atoms with Crippen molar-refractivity contribution < 1.29 is 14.3 Å². The Morgan fingerprint density at radius 2 is 1.77 bits per heavy atom. The van der Waals surface area contributed by atoms with Gasteiger partial charge in [-0.05, 0) is 50.7 Å². The molecule has 1 fully saturated rings. The summed E-state index contributed by atoms with van der Waals surface area (Å²) in [5.41, 5.74) is 4.24. The average Bonchev–Trinajstić information content (AvgIpc) is 2.87. The van der Waals surface area contributed by atoms with Crippen LogP contribution < -0.4 is 0 Å². The van der Waals surface area contributed by atoms with Crippen LogP contribution in [0.25, 0.3) is 5.57 Å². The van der Waals surface area contributed by atoms with Crippen molar-refractivity contribution in [3.8, 4) is 0 Å². The molecule has 2 aliphatic rings. The number of hydrogen-bond acceptors (Lipinski definition) is 4. The van der Waals surface area contributed by atoms with Crippen molar-refractivity contribution in [3.63, 3.8) is 0 Å². The second-order valence-electron chi connectivity index (χ2n) is 7.20. The van der Waals surface area contributed by atoms with E-state index in [2.05, 4.69) is 11.0 Å². The van der Waals surface area contributed by atoms with E-state index in [4.69, 9.17) is 4.74 Å². The zero-order valence-electron chi connectivity index (χ0n) is 16.0. The molecule has 26 heavy (non-hydrogen) atoms. The van der Waals surface area contributed by atoms with Gasteiger partial charge in [-0.1, -0.05) is 23.8 Å². The largest absolute Gasteiger partial charge is 0.385 e. The average molecular weight is 356 g/mol. The van der Waals surface area contributed by atoms with E-state index < -0.39 is 0 Å². The number of likely N-dealkylation sites (tertiary alicyclic amines) is 1. The highest BCUT2D eigenvalue weighted by molar-refractivity contribution is 6.35. The Kier molecular flexibility index (Phi) is 5.77. The van der Waals surface area contributed by atoms with Crippen molar-refractivity contribution in [1.29, 1.82) is 0 Å². The number of carbonyl (C=O) groups is 2. The smallest absolute Gasteiger partial charge is 0.277 e. The minimum absolute atomic E-state index is 0.150. The van der Waals surface area contributed by atoms with Gasteiger partial charge in [-0.2, -0.15) is 0 Å². The predicted molar refractivity (Wildman–Crippen MR) is 101 cm³/mol. The van der Waals surface area contributed by atoms with Gasteiger partial charge in [-0.3, -0.25) is 14.5 Å². The molecule has 1 aromatic rings. The molecule has 0 aromatic heterocycles. The normalized spacial score (nSPS) is 18.3. The molecule has 0 bridgehead atoms. The van der Waals surface area contributed by atoms with Crippen LogP contribution in [0.5, 0.6) is 0 Å². The molecule has 0 aliphatic carbocycles. The van der Waals surface area contributed by atoms with E-state index in [-0.39, 0.29) is 11.8 Å². The summed E-state index contributed by atoms with van der Waals surface area (Å²) < 4.78 is 5.09. The van der Waals surface area contributed by atoms with Crippen LogP contribution in [0, 0.1) is 13.8 Å². The molecule has 0 unspecified atom stereocenters. The number of amides is 2. The van der Waals surface area contributed by atoms with E-state index in [0.29, 0.717) is 30.8 Å². The van der Waals surface area contributed by atoms with E-state index in [1.54, 1.807) is 7.11 Å². The molecule has 2 amide bonds. The molecular formula is C21H28N2O3. The lowest BCUT2D eigenvalue weighted by Crippen LogP contribution is -2.37. The van der Waals surface area contributed by atoms with Crippen LogP contribution in [-0.2, 0) is 14.3 Å². The van der Waals surface area contributed by atoms with Crippen molar-refractivity contribution >= 4 is 17.4 Å². The van der Waals surface area contributed by atoms with Crippen LogP contribution in [0.2, 0.25) is 0 Å². The summed E-state index contributed by atoms with van der Waals surface area (Å²) in [6.07, 6.45) is 3.97. The summed E-state index contributed by atoms with van der Waals surface area (Å²) in [4.78, 5) is 29.8. The lowest BCUT2D eigenvalue weighted by Gasteiger charge is -2.29. The van der Waals surface area contributed by atoms with Gasteiger partial charge in [0, 0.05) is 33.4 Å². The minimum atomic E-state index is -0.168. The molecule has 0 atom stereocenters. The third kappa shape index (κ3) is 3.54. The zero-order chi connectivity index (χ0) is 18.7. The van der Waals surface area contributed by atoms with Crippen LogP contribution in [0.1, 0.15) is 42.4 Å². The van der Waals surface area contributed by atoms with E-state index in [9.17, 15) is 9.59 Å². The highest BCUT2D eigenvalue weighted by atomic mass is 16.5. The summed E-state index contributed by atoms with van der Waals surface area (Å²) in [7, 11) is 1.63. The molecular weight excluding hydrogens is 328 g/mol. The molecule has 0 N–H and O–H groups in total. The second kappa shape index (κ2) is 8.04. The van der Waals surface area contributed by atoms with Gasteiger partial charge in [0.25, 0.3) is 11.8 Å². The highest BCUT2D eigenvalue weighted by Gasteiger charge is 2.41. The van der Waals surface area contributed by atoms with Gasteiger partial charge in [0.2, 0.25) is 0 Å². The van der Waals surface area contributed by atoms with Gasteiger partial charge in [0.15, 0.2) is 0 Å². The van der Waals surface area contributed by atoms with E-state index in [0.717, 1.165) is 42.6 Å². The maximum atomic E-state index is 13.2. The standard InChI is InChI=1S/C21H28N2O3/c1-15-8-9-17(16(2)14-15)18-19(22-10-5-4-6-11-22)21(25)23(20(18)24)12-7-13-26-3/h8-9,14H,4-7,10-13H2,1-3H3. The van der Waals surface area contributed by atoms with Crippen molar-refractivity contribution in [2.45, 2.75) is 39.5 Å². The first-order valence-corrected chi connectivity index (χ1v) is 9.46. The predicted octanol–water partition coefficient (Wildman–Crippen LogP) is 2.91. The van der Waals surface area contributed by atoms with Crippen LogP contribution in [0.15, 0.2) is 23.9 Å². The maximum Gasteiger partial charge on any atom is 0.277 e. The number of aryl methyl sites for hydroxylation is 2. The molecule has 0 spiro atoms. The van der Waals surface area contributed by atoms with Crippen LogP contribution in [0.4, 0.5) is 0 Å². The molecule has 0 radical (unpaired) electrons. The Balaban J connectivity index is 2.02. The van der Waals surface area contributed by atoms with Crippen molar-refractivity contribution in [2.75, 3.05) is 33.4 Å². The first-order valence-electron chi connectivity index (χ1n) is 9.46. The van der Waals surface area contributed by atoms with Crippen LogP contribution >= 0.6 is 0 Å². The summed E-state index contributed by atoms with van der Waals surface area (Å²) in [5, 5.41) is 0. The number of carbonyl (C=O) groups excluding carboxylic acids is 2. The van der Waals surface area contributed by atoms with E-state index >= 15 is 0 Å². The number of nitrogens with zero attached hydrogens (tertiary/aromatic N) is 2. The third-order valence-electron chi connectivity index (χ3n) is 5.20. The summed E-state index contributed by atoms with van der Waals surface area (Å²) in [6, 6.07) is 6.06. The first kappa shape index (κ1) is 18.6. The fourth-order valence-corrected chi connectivity index (χ4v) is 3.88. The van der Waals surface area contributed by atoms with E-state index in [1.807, 2.05) is 26.0 Å². The lowest BCUT2D eigenvalue weighted by atomic mass is 9.97. The molecule has 140 valence electrons. The van der Waals surface area contributed by atoms with Gasteiger partial charge in [0.1, 0.15) is 5.70 Å². The van der Waals surface area contributed by atoms with Crippen molar-refractivity contribution in [2.24, 2.45) is 0 Å². The van der Waals surface area contributed by atoms with Crippen molar-refractivity contribution in [3.05, 3.63) is 40.6 Å². The molecule has 1 saturated heterocycles. The number of benzene rings is 1. The Bertz CT molecular complexity index is 733. The summed E-state index contributed by atoms with van der Waals surface area (Å²) >= 11 is 0. The molecule has 2 heterocycles. The number of hydrogen-bond donors (Lipinski definition) is 0.